The van der Waals surface area contributed by atoms with Gasteiger partial charge in [0.1, 0.15) is 0 Å². The maximum atomic E-state index is 12.5. The molecule has 1 aliphatic heterocycles. The molecule has 0 unspecified atom stereocenters. The van der Waals surface area contributed by atoms with Gasteiger partial charge in [-0.25, -0.2) is 18.4 Å². The van der Waals surface area contributed by atoms with Crippen LogP contribution in [0.2, 0.25) is 0 Å². The quantitative estimate of drug-likeness (QED) is 0.625. The number of amides is 1. The number of benzene rings is 1. The molecule has 9 heteroatoms. The molecule has 1 aliphatic rings. The van der Waals surface area contributed by atoms with Gasteiger partial charge in [0, 0.05) is 57.7 Å². The molecule has 8 nitrogen and oxygen atoms in total. The summed E-state index contributed by atoms with van der Waals surface area (Å²) in [6, 6.07) is 8.36. The molecule has 0 N–H and O–H groups in total. The minimum absolute atomic E-state index is 0.0662. The van der Waals surface area contributed by atoms with Crippen LogP contribution >= 0.6 is 0 Å². The Kier molecular flexibility index (Phi) is 7.17. The van der Waals surface area contributed by atoms with Crippen molar-refractivity contribution < 1.29 is 13.2 Å². The second-order valence-corrected chi connectivity index (χ2v) is 8.79. The number of hydrogen-bond donors (Lipinski definition) is 0. The molecule has 1 aromatic heterocycles. The predicted octanol–water partition coefficient (Wildman–Crippen LogP) is 1.87. The smallest absolute Gasteiger partial charge is 0.246 e. The van der Waals surface area contributed by atoms with Gasteiger partial charge in [-0.3, -0.25) is 4.79 Å². The minimum Gasteiger partial charge on any atom is -0.337 e. The average molecular weight is 430 g/mol. The van der Waals surface area contributed by atoms with Crippen LogP contribution in [0, 0.1) is 0 Å². The lowest BCUT2D eigenvalue weighted by atomic mass is 10.2. The van der Waals surface area contributed by atoms with E-state index in [9.17, 15) is 13.2 Å². The van der Waals surface area contributed by atoms with E-state index in [1.165, 1.54) is 10.4 Å². The number of carbonyl (C=O) groups excluding carboxylic acids is 1. The SMILES string of the molecule is CCN(CC)S(=O)(=O)c1ccc(/C=C/C(=O)N2CCN(c3ncccn3)CC2)cc1. The third-order valence-electron chi connectivity index (χ3n) is 5.07. The molecule has 0 atom stereocenters. The summed E-state index contributed by atoms with van der Waals surface area (Å²) >= 11 is 0. The molecule has 3 rings (SSSR count). The summed E-state index contributed by atoms with van der Waals surface area (Å²) in [6.07, 6.45) is 6.66. The van der Waals surface area contributed by atoms with Crippen molar-refractivity contribution in [3.05, 3.63) is 54.4 Å². The van der Waals surface area contributed by atoms with Crippen molar-refractivity contribution >= 4 is 28.0 Å². The van der Waals surface area contributed by atoms with Gasteiger partial charge in [-0.2, -0.15) is 4.31 Å². The molecule has 0 radical (unpaired) electrons. The first-order chi connectivity index (χ1) is 14.5. The third-order valence-corrected chi connectivity index (χ3v) is 7.13. The van der Waals surface area contributed by atoms with Crippen molar-refractivity contribution in [1.82, 2.24) is 19.2 Å². The first kappa shape index (κ1) is 21.9. The number of nitrogens with zero attached hydrogens (tertiary/aromatic N) is 5. The van der Waals surface area contributed by atoms with E-state index < -0.39 is 10.0 Å². The van der Waals surface area contributed by atoms with E-state index in [4.69, 9.17) is 0 Å². The van der Waals surface area contributed by atoms with Crippen molar-refractivity contribution in [1.29, 1.82) is 0 Å². The molecule has 0 saturated carbocycles. The highest BCUT2D eigenvalue weighted by atomic mass is 32.2. The summed E-state index contributed by atoms with van der Waals surface area (Å²) in [4.78, 5) is 25.1. The van der Waals surface area contributed by atoms with Gasteiger partial charge < -0.3 is 9.80 Å². The Morgan fingerprint density at radius 2 is 1.63 bits per heavy atom. The fraction of sp³-hybridized carbons (Fsp3) is 0.381. The standard InChI is InChI=1S/C21H27N5O3S/c1-3-26(4-2)30(28,29)19-9-6-18(7-10-19)8-11-20(27)24-14-16-25(17-15-24)21-22-12-5-13-23-21/h5-13H,3-4,14-17H2,1-2H3/b11-8+. The van der Waals surface area contributed by atoms with Gasteiger partial charge in [0.25, 0.3) is 0 Å². The largest absolute Gasteiger partial charge is 0.337 e. The fourth-order valence-corrected chi connectivity index (χ4v) is 4.78. The number of rotatable bonds is 7. The molecule has 30 heavy (non-hydrogen) atoms. The normalized spacial score (nSPS) is 15.2. The van der Waals surface area contributed by atoms with Crippen molar-refractivity contribution in [2.45, 2.75) is 18.7 Å². The van der Waals surface area contributed by atoms with E-state index in [-0.39, 0.29) is 10.8 Å². The van der Waals surface area contributed by atoms with E-state index in [0.717, 1.165) is 5.56 Å². The van der Waals surface area contributed by atoms with Crippen LogP contribution in [0.3, 0.4) is 0 Å². The van der Waals surface area contributed by atoms with E-state index >= 15 is 0 Å². The van der Waals surface area contributed by atoms with Crippen molar-refractivity contribution in [3.8, 4) is 0 Å². The lowest BCUT2D eigenvalue weighted by Crippen LogP contribution is -2.48. The van der Waals surface area contributed by atoms with Crippen molar-refractivity contribution in [2.75, 3.05) is 44.2 Å². The van der Waals surface area contributed by atoms with E-state index in [2.05, 4.69) is 14.9 Å². The highest BCUT2D eigenvalue weighted by molar-refractivity contribution is 7.89. The van der Waals surface area contributed by atoms with Gasteiger partial charge in [-0.05, 0) is 29.8 Å². The van der Waals surface area contributed by atoms with E-state index in [0.29, 0.717) is 45.2 Å². The highest BCUT2D eigenvalue weighted by Gasteiger charge is 2.22. The molecule has 0 bridgehead atoms. The monoisotopic (exact) mass is 429 g/mol. The first-order valence-electron chi connectivity index (χ1n) is 10.0. The minimum atomic E-state index is -3.48. The molecule has 0 spiro atoms. The summed E-state index contributed by atoms with van der Waals surface area (Å²) in [6.45, 7) is 7.05. The van der Waals surface area contributed by atoms with Gasteiger partial charge in [0.15, 0.2) is 0 Å². The van der Waals surface area contributed by atoms with Crippen molar-refractivity contribution in [2.24, 2.45) is 0 Å². The summed E-state index contributed by atoms with van der Waals surface area (Å²) in [5.74, 6) is 0.614. The zero-order valence-electron chi connectivity index (χ0n) is 17.3. The maximum Gasteiger partial charge on any atom is 0.246 e. The number of sulfonamides is 1. The zero-order valence-corrected chi connectivity index (χ0v) is 18.1. The molecular formula is C21H27N5O3S. The van der Waals surface area contributed by atoms with Crippen LogP contribution in [-0.4, -0.2) is 72.8 Å². The van der Waals surface area contributed by atoms with Crippen LogP contribution in [0.15, 0.2) is 53.7 Å². The molecule has 1 fully saturated rings. The Balaban J connectivity index is 1.58. The summed E-state index contributed by atoms with van der Waals surface area (Å²) in [5.41, 5.74) is 0.776. The molecule has 2 heterocycles. The average Bonchev–Trinajstić information content (AvgIpc) is 2.79. The van der Waals surface area contributed by atoms with Crippen LogP contribution in [0.5, 0.6) is 0 Å². The van der Waals surface area contributed by atoms with Gasteiger partial charge >= 0.3 is 0 Å². The Morgan fingerprint density at radius 1 is 1.03 bits per heavy atom. The zero-order chi connectivity index (χ0) is 21.6. The molecule has 160 valence electrons. The number of hydrogen-bond acceptors (Lipinski definition) is 6. The van der Waals surface area contributed by atoms with Gasteiger partial charge in [0.2, 0.25) is 21.9 Å². The highest BCUT2D eigenvalue weighted by Crippen LogP contribution is 2.17. The summed E-state index contributed by atoms with van der Waals surface area (Å²) in [5, 5.41) is 0. The second-order valence-electron chi connectivity index (χ2n) is 6.85. The predicted molar refractivity (Wildman–Crippen MR) is 116 cm³/mol. The topological polar surface area (TPSA) is 86.7 Å². The summed E-state index contributed by atoms with van der Waals surface area (Å²) < 4.78 is 26.5. The Bertz CT molecular complexity index is 965. The van der Waals surface area contributed by atoms with E-state index in [1.54, 1.807) is 53.7 Å². The Morgan fingerprint density at radius 3 is 2.20 bits per heavy atom. The van der Waals surface area contributed by atoms with Crippen molar-refractivity contribution in [3.63, 3.8) is 0 Å². The lowest BCUT2D eigenvalue weighted by Gasteiger charge is -2.34. The van der Waals surface area contributed by atoms with Gasteiger partial charge in [0.05, 0.1) is 4.90 Å². The summed E-state index contributed by atoms with van der Waals surface area (Å²) in [7, 11) is -3.48. The lowest BCUT2D eigenvalue weighted by molar-refractivity contribution is -0.126. The molecular weight excluding hydrogens is 402 g/mol. The molecule has 1 saturated heterocycles. The third kappa shape index (κ3) is 5.03. The van der Waals surface area contributed by atoms with Crippen LogP contribution < -0.4 is 4.90 Å². The van der Waals surface area contributed by atoms with Crippen LogP contribution in [-0.2, 0) is 14.8 Å². The van der Waals surface area contributed by atoms with Gasteiger partial charge in [-0.15, -0.1) is 0 Å². The number of aromatic nitrogens is 2. The van der Waals surface area contributed by atoms with Crippen LogP contribution in [0.1, 0.15) is 19.4 Å². The Labute approximate surface area is 177 Å². The second kappa shape index (κ2) is 9.82. The number of anilines is 1. The first-order valence-corrected chi connectivity index (χ1v) is 11.5. The van der Waals surface area contributed by atoms with E-state index in [1.807, 2.05) is 13.8 Å². The number of piperazine rings is 1. The molecule has 2 aromatic rings. The maximum absolute atomic E-state index is 12.5. The molecule has 1 amide bonds. The van der Waals surface area contributed by atoms with Crippen LogP contribution in [0.25, 0.3) is 6.08 Å². The number of carbonyl (C=O) groups is 1. The Hall–Kier alpha value is -2.78. The molecule has 0 aliphatic carbocycles. The fourth-order valence-electron chi connectivity index (χ4n) is 3.32. The van der Waals surface area contributed by atoms with Crippen LogP contribution in [0.4, 0.5) is 5.95 Å². The molecule has 1 aromatic carbocycles. The van der Waals surface area contributed by atoms with Gasteiger partial charge in [-0.1, -0.05) is 26.0 Å².